The van der Waals surface area contributed by atoms with Gasteiger partial charge in [0, 0.05) is 12.7 Å². The molecule has 0 saturated heterocycles. The molecule has 0 amide bonds. The van der Waals surface area contributed by atoms with Crippen molar-refractivity contribution in [2.75, 3.05) is 19.0 Å². The van der Waals surface area contributed by atoms with E-state index in [0.717, 1.165) is 19.4 Å². The minimum Gasteiger partial charge on any atom is -0.493 e. The standard InChI is InChI=1S/C18H23N3OS/c1-3-14(12-15-8-5-4-6-9-15)13-20-18(23)21-17-16(22-2)10-7-11-19-17/h4-11,14H,3,12-13H2,1-2H3,(H2,19,20,21,23)/t14-/m0/s1. The van der Waals surface area contributed by atoms with Crippen molar-refractivity contribution in [3.05, 3.63) is 54.2 Å². The highest BCUT2D eigenvalue weighted by Crippen LogP contribution is 2.19. The number of methoxy groups -OCH3 is 1. The number of ether oxygens (including phenoxy) is 1. The molecule has 4 nitrogen and oxygen atoms in total. The lowest BCUT2D eigenvalue weighted by molar-refractivity contribution is 0.415. The van der Waals surface area contributed by atoms with Crippen LogP contribution >= 0.6 is 12.2 Å². The molecule has 0 aliphatic heterocycles. The topological polar surface area (TPSA) is 46.2 Å². The minimum absolute atomic E-state index is 0.530. The zero-order chi connectivity index (χ0) is 16.5. The molecule has 2 N–H and O–H groups in total. The van der Waals surface area contributed by atoms with E-state index >= 15 is 0 Å². The van der Waals surface area contributed by atoms with E-state index in [2.05, 4.69) is 46.8 Å². The summed E-state index contributed by atoms with van der Waals surface area (Å²) in [5.74, 6) is 1.83. The van der Waals surface area contributed by atoms with Crippen LogP contribution in [0.15, 0.2) is 48.7 Å². The van der Waals surface area contributed by atoms with E-state index in [1.165, 1.54) is 5.56 Å². The van der Waals surface area contributed by atoms with Crippen LogP contribution in [0, 0.1) is 5.92 Å². The van der Waals surface area contributed by atoms with E-state index in [9.17, 15) is 0 Å². The summed E-state index contributed by atoms with van der Waals surface area (Å²) in [5, 5.41) is 6.93. The van der Waals surface area contributed by atoms with Gasteiger partial charge >= 0.3 is 0 Å². The Balaban J connectivity index is 1.85. The summed E-state index contributed by atoms with van der Waals surface area (Å²) in [6.07, 6.45) is 3.84. The number of aromatic nitrogens is 1. The van der Waals surface area contributed by atoms with Crippen LogP contribution in [0.5, 0.6) is 5.75 Å². The second-order valence-corrected chi connectivity index (χ2v) is 5.76. The van der Waals surface area contributed by atoms with Crippen molar-refractivity contribution in [1.82, 2.24) is 10.3 Å². The monoisotopic (exact) mass is 329 g/mol. The van der Waals surface area contributed by atoms with Crippen LogP contribution in [0.3, 0.4) is 0 Å². The molecule has 0 saturated carbocycles. The molecule has 122 valence electrons. The largest absolute Gasteiger partial charge is 0.493 e. The Morgan fingerprint density at radius 1 is 1.22 bits per heavy atom. The molecular weight excluding hydrogens is 306 g/mol. The van der Waals surface area contributed by atoms with E-state index in [0.29, 0.717) is 22.6 Å². The van der Waals surface area contributed by atoms with Gasteiger partial charge in [-0.05, 0) is 42.3 Å². The molecule has 2 aromatic rings. The van der Waals surface area contributed by atoms with Gasteiger partial charge in [-0.3, -0.25) is 0 Å². The van der Waals surface area contributed by atoms with Gasteiger partial charge in [-0.25, -0.2) is 4.98 Å². The molecule has 0 fully saturated rings. The number of rotatable bonds is 7. The van der Waals surface area contributed by atoms with Crippen LogP contribution < -0.4 is 15.4 Å². The molecule has 23 heavy (non-hydrogen) atoms. The van der Waals surface area contributed by atoms with Crippen molar-refractivity contribution in [3.8, 4) is 5.75 Å². The average molecular weight is 329 g/mol. The lowest BCUT2D eigenvalue weighted by Crippen LogP contribution is -2.33. The molecule has 0 unspecified atom stereocenters. The van der Waals surface area contributed by atoms with Crippen LogP contribution in [0.2, 0.25) is 0 Å². The van der Waals surface area contributed by atoms with Gasteiger partial charge in [0.25, 0.3) is 0 Å². The first-order chi connectivity index (χ1) is 11.2. The Labute approximate surface area is 143 Å². The quantitative estimate of drug-likeness (QED) is 0.759. The van der Waals surface area contributed by atoms with Gasteiger partial charge in [0.05, 0.1) is 7.11 Å². The highest BCUT2D eigenvalue weighted by Gasteiger charge is 2.10. The third-order valence-electron chi connectivity index (χ3n) is 3.72. The van der Waals surface area contributed by atoms with Crippen molar-refractivity contribution < 1.29 is 4.74 Å². The van der Waals surface area contributed by atoms with E-state index < -0.39 is 0 Å². The number of anilines is 1. The number of nitrogens with one attached hydrogen (secondary N) is 2. The van der Waals surface area contributed by atoms with Gasteiger partial charge < -0.3 is 15.4 Å². The Morgan fingerprint density at radius 3 is 2.70 bits per heavy atom. The predicted molar refractivity (Wildman–Crippen MR) is 98.9 cm³/mol. The molecule has 1 aromatic carbocycles. The molecule has 0 aliphatic rings. The van der Waals surface area contributed by atoms with E-state index in [1.54, 1.807) is 13.3 Å². The molecule has 0 bridgehead atoms. The first-order valence-electron chi connectivity index (χ1n) is 7.80. The Morgan fingerprint density at radius 2 is 2.00 bits per heavy atom. The zero-order valence-corrected chi connectivity index (χ0v) is 14.4. The molecule has 2 rings (SSSR count). The van der Waals surface area contributed by atoms with Crippen molar-refractivity contribution in [3.63, 3.8) is 0 Å². The number of thiocarbonyl (C=S) groups is 1. The summed E-state index contributed by atoms with van der Waals surface area (Å²) in [4.78, 5) is 4.24. The molecule has 1 atom stereocenters. The van der Waals surface area contributed by atoms with Crippen LogP contribution in [0.1, 0.15) is 18.9 Å². The first kappa shape index (κ1) is 17.2. The molecule has 1 aromatic heterocycles. The molecular formula is C18H23N3OS. The van der Waals surface area contributed by atoms with E-state index in [4.69, 9.17) is 17.0 Å². The summed E-state index contributed by atoms with van der Waals surface area (Å²) in [6, 6.07) is 14.2. The maximum atomic E-state index is 5.36. The van der Waals surface area contributed by atoms with Crippen LogP contribution in [-0.4, -0.2) is 23.8 Å². The van der Waals surface area contributed by atoms with Crippen molar-refractivity contribution in [2.45, 2.75) is 19.8 Å². The fraction of sp³-hybridized carbons (Fsp3) is 0.333. The van der Waals surface area contributed by atoms with Crippen LogP contribution in [0.25, 0.3) is 0 Å². The van der Waals surface area contributed by atoms with Crippen LogP contribution in [-0.2, 0) is 6.42 Å². The molecule has 0 radical (unpaired) electrons. The molecule has 0 aliphatic carbocycles. The molecule has 5 heteroatoms. The second kappa shape index (κ2) is 9.10. The smallest absolute Gasteiger partial charge is 0.174 e. The van der Waals surface area contributed by atoms with Gasteiger partial charge in [-0.1, -0.05) is 43.7 Å². The zero-order valence-electron chi connectivity index (χ0n) is 13.6. The number of benzene rings is 1. The third-order valence-corrected chi connectivity index (χ3v) is 3.96. The number of pyridine rings is 1. The third kappa shape index (κ3) is 5.53. The SMILES string of the molecule is CC[C@H](CNC(=S)Nc1ncccc1OC)Cc1ccccc1. The first-order valence-corrected chi connectivity index (χ1v) is 8.21. The van der Waals surface area contributed by atoms with Gasteiger partial charge in [0.1, 0.15) is 0 Å². The normalized spacial score (nSPS) is 11.6. The maximum Gasteiger partial charge on any atom is 0.174 e. The Bertz CT molecular complexity index is 619. The Kier molecular flexibility index (Phi) is 6.81. The van der Waals surface area contributed by atoms with Gasteiger partial charge in [-0.15, -0.1) is 0 Å². The highest BCUT2D eigenvalue weighted by molar-refractivity contribution is 7.80. The fourth-order valence-corrected chi connectivity index (χ4v) is 2.53. The number of hydrogen-bond donors (Lipinski definition) is 2. The van der Waals surface area contributed by atoms with E-state index in [1.807, 2.05) is 18.2 Å². The Hall–Kier alpha value is -2.14. The summed E-state index contributed by atoms with van der Waals surface area (Å²) < 4.78 is 5.26. The summed E-state index contributed by atoms with van der Waals surface area (Å²) in [5.41, 5.74) is 1.35. The van der Waals surface area contributed by atoms with Crippen LogP contribution in [0.4, 0.5) is 5.82 Å². The summed E-state index contributed by atoms with van der Waals surface area (Å²) in [6.45, 7) is 3.03. The van der Waals surface area contributed by atoms with Crippen molar-refractivity contribution >= 4 is 23.1 Å². The summed E-state index contributed by atoms with van der Waals surface area (Å²) >= 11 is 5.36. The maximum absolute atomic E-state index is 5.36. The highest BCUT2D eigenvalue weighted by atomic mass is 32.1. The fourth-order valence-electron chi connectivity index (χ4n) is 2.35. The number of nitrogens with zero attached hydrogens (tertiary/aromatic N) is 1. The van der Waals surface area contributed by atoms with Gasteiger partial charge in [0.2, 0.25) is 0 Å². The lowest BCUT2D eigenvalue weighted by Gasteiger charge is -2.18. The van der Waals surface area contributed by atoms with Crippen molar-refractivity contribution in [1.29, 1.82) is 0 Å². The van der Waals surface area contributed by atoms with Gasteiger partial charge in [-0.2, -0.15) is 0 Å². The molecule has 0 spiro atoms. The second-order valence-electron chi connectivity index (χ2n) is 5.35. The van der Waals surface area contributed by atoms with Crippen molar-refractivity contribution in [2.24, 2.45) is 5.92 Å². The summed E-state index contributed by atoms with van der Waals surface area (Å²) in [7, 11) is 1.62. The van der Waals surface area contributed by atoms with E-state index in [-0.39, 0.29) is 0 Å². The molecule has 1 heterocycles. The lowest BCUT2D eigenvalue weighted by atomic mass is 9.97. The minimum atomic E-state index is 0.530. The van der Waals surface area contributed by atoms with Gasteiger partial charge in [0.15, 0.2) is 16.7 Å². The average Bonchev–Trinajstić information content (AvgIpc) is 2.60. The predicted octanol–water partition coefficient (Wildman–Crippen LogP) is 3.65. The number of hydrogen-bond acceptors (Lipinski definition) is 3.